The van der Waals surface area contributed by atoms with Crippen molar-refractivity contribution >= 4 is 39.5 Å². The van der Waals surface area contributed by atoms with Gasteiger partial charge in [0.2, 0.25) is 0 Å². The number of phosphoric ester groups is 2. The molecule has 0 bridgehead atoms. The van der Waals surface area contributed by atoms with Crippen molar-refractivity contribution in [3.05, 3.63) is 170 Å². The van der Waals surface area contributed by atoms with Crippen molar-refractivity contribution in [3.63, 3.8) is 0 Å². The Kier molecular flexibility index (Phi) is 73.5. The van der Waals surface area contributed by atoms with Crippen molar-refractivity contribution in [2.75, 3.05) is 39.6 Å². The average molecular weight is 1520 g/mol. The molecular weight excluding hydrogens is 1380 g/mol. The van der Waals surface area contributed by atoms with Gasteiger partial charge in [-0.2, -0.15) is 0 Å². The van der Waals surface area contributed by atoms with Crippen molar-refractivity contribution in [1.82, 2.24) is 0 Å². The van der Waals surface area contributed by atoms with E-state index in [-0.39, 0.29) is 25.7 Å². The summed E-state index contributed by atoms with van der Waals surface area (Å²) >= 11 is 0. The van der Waals surface area contributed by atoms with E-state index < -0.39 is 97.5 Å². The molecule has 0 fully saturated rings. The Morgan fingerprint density at radius 3 is 0.840 bits per heavy atom. The summed E-state index contributed by atoms with van der Waals surface area (Å²) in [6, 6.07) is 0. The minimum atomic E-state index is -5.02. The van der Waals surface area contributed by atoms with Crippen LogP contribution in [0.25, 0.3) is 0 Å². The fraction of sp³-hybridized carbons (Fsp3) is 0.632. The van der Waals surface area contributed by atoms with E-state index in [4.69, 9.17) is 37.0 Å². The molecule has 19 heteroatoms. The second-order valence-corrected chi connectivity index (χ2v) is 29.2. The fourth-order valence-electron chi connectivity index (χ4n) is 10.1. The molecule has 0 rings (SSSR count). The number of aliphatic hydroxyl groups is 1. The molecule has 0 aromatic carbocycles. The van der Waals surface area contributed by atoms with E-state index in [9.17, 15) is 43.2 Å². The molecule has 5 unspecified atom stereocenters. The molecule has 17 nitrogen and oxygen atoms in total. The van der Waals surface area contributed by atoms with Gasteiger partial charge in [0, 0.05) is 19.3 Å². The zero-order valence-electron chi connectivity index (χ0n) is 65.8. The molecule has 0 aliphatic rings. The van der Waals surface area contributed by atoms with Gasteiger partial charge in [-0.1, -0.05) is 281 Å². The Bertz CT molecular complexity index is 2680. The number of esters is 4. The fourth-order valence-corrected chi connectivity index (χ4v) is 11.7. The molecule has 0 aliphatic heterocycles. The molecule has 0 amide bonds. The van der Waals surface area contributed by atoms with E-state index >= 15 is 0 Å². The second-order valence-electron chi connectivity index (χ2n) is 26.3. The Morgan fingerprint density at radius 2 is 0.528 bits per heavy atom. The van der Waals surface area contributed by atoms with Gasteiger partial charge in [0.05, 0.1) is 32.8 Å². The van der Waals surface area contributed by atoms with Gasteiger partial charge in [-0.3, -0.25) is 37.3 Å². The first-order valence-electron chi connectivity index (χ1n) is 40.4. The van der Waals surface area contributed by atoms with E-state index in [1.54, 1.807) is 12.2 Å². The minimum absolute atomic E-state index is 0.0649. The number of carbonyl (C=O) groups excluding carboxylic acids is 4. The van der Waals surface area contributed by atoms with Gasteiger partial charge in [-0.25, -0.2) is 9.13 Å². The van der Waals surface area contributed by atoms with Gasteiger partial charge in [-0.05, 0) is 161 Å². The molecule has 0 heterocycles. The third kappa shape index (κ3) is 76.6. The number of unbranched alkanes of at least 4 members (excludes halogenated alkanes) is 21. The summed E-state index contributed by atoms with van der Waals surface area (Å²) in [5.74, 6) is -2.39. The molecule has 602 valence electrons. The van der Waals surface area contributed by atoms with Crippen LogP contribution in [0.2, 0.25) is 0 Å². The number of phosphoric acid groups is 2. The number of allylic oxidation sites excluding steroid dienone is 27. The van der Waals surface area contributed by atoms with Crippen molar-refractivity contribution in [2.24, 2.45) is 0 Å². The van der Waals surface area contributed by atoms with Gasteiger partial charge >= 0.3 is 39.5 Å². The van der Waals surface area contributed by atoms with Crippen LogP contribution in [-0.4, -0.2) is 96.7 Å². The van der Waals surface area contributed by atoms with Gasteiger partial charge in [0.25, 0.3) is 0 Å². The Morgan fingerprint density at radius 1 is 0.283 bits per heavy atom. The second kappa shape index (κ2) is 77.6. The Labute approximate surface area is 642 Å². The van der Waals surface area contributed by atoms with Crippen LogP contribution < -0.4 is 0 Å². The highest BCUT2D eigenvalue weighted by atomic mass is 31.2. The summed E-state index contributed by atoms with van der Waals surface area (Å²) in [5.41, 5.74) is 0. The Hall–Kier alpha value is -5.58. The van der Waals surface area contributed by atoms with Crippen LogP contribution in [0.3, 0.4) is 0 Å². The highest BCUT2D eigenvalue weighted by molar-refractivity contribution is 7.47. The lowest BCUT2D eigenvalue weighted by molar-refractivity contribution is -0.161. The number of hydrogen-bond acceptors (Lipinski definition) is 15. The number of ether oxygens (including phenoxy) is 4. The van der Waals surface area contributed by atoms with Crippen molar-refractivity contribution in [1.29, 1.82) is 0 Å². The summed E-state index contributed by atoms with van der Waals surface area (Å²) in [4.78, 5) is 73.0. The van der Waals surface area contributed by atoms with E-state index in [1.165, 1.54) is 38.5 Å². The van der Waals surface area contributed by atoms with E-state index in [0.717, 1.165) is 180 Å². The summed E-state index contributed by atoms with van der Waals surface area (Å²) in [5, 5.41) is 10.6. The van der Waals surface area contributed by atoms with E-state index in [1.807, 2.05) is 12.2 Å². The SMILES string of the molecule is CC/C=C\C/C=C\C/C=C\C/C=C\C/C=C\CC(=O)OC(COC(=O)CCCCCCCC/C=C\C/C=C\C/C=C\CCCCC)COP(=O)(O)OCC(O)COP(=O)(O)OCC(COC(=O)CCCCCC/C=C\C/C=C\C/C=C\C/C=C\CC)OC(=O)CCCCCCC/C=C\C/C=C\CCCCC. The zero-order valence-corrected chi connectivity index (χ0v) is 67.6. The molecule has 0 spiro atoms. The molecular formula is C87H142O17P2. The first-order chi connectivity index (χ1) is 51.7. The summed E-state index contributed by atoms with van der Waals surface area (Å²) in [6.45, 7) is 4.41. The quantitative estimate of drug-likeness (QED) is 0.0169. The molecule has 0 aromatic heterocycles. The molecule has 3 N–H and O–H groups in total. The molecule has 106 heavy (non-hydrogen) atoms. The summed E-state index contributed by atoms with van der Waals surface area (Å²) in [7, 11) is -10.0. The number of aliphatic hydroxyl groups excluding tert-OH is 1. The first-order valence-corrected chi connectivity index (χ1v) is 43.4. The van der Waals surface area contributed by atoms with Crippen LogP contribution >= 0.6 is 15.6 Å². The topological polar surface area (TPSA) is 237 Å². The average Bonchev–Trinajstić information content (AvgIpc) is 0.902. The maximum Gasteiger partial charge on any atom is 0.472 e. The molecule has 0 radical (unpaired) electrons. The lowest BCUT2D eigenvalue weighted by Crippen LogP contribution is -2.30. The van der Waals surface area contributed by atoms with Crippen LogP contribution in [0.4, 0.5) is 0 Å². The van der Waals surface area contributed by atoms with E-state index in [0.29, 0.717) is 25.7 Å². The third-order valence-electron chi connectivity index (χ3n) is 16.2. The monoisotopic (exact) mass is 1520 g/mol. The van der Waals surface area contributed by atoms with Crippen LogP contribution in [-0.2, 0) is 65.4 Å². The van der Waals surface area contributed by atoms with Crippen molar-refractivity contribution in [2.45, 2.75) is 316 Å². The highest BCUT2D eigenvalue weighted by Gasteiger charge is 2.30. The number of carbonyl (C=O) groups is 4. The minimum Gasteiger partial charge on any atom is -0.462 e. The largest absolute Gasteiger partial charge is 0.472 e. The normalized spacial score (nSPS) is 14.7. The maximum atomic E-state index is 13.1. The van der Waals surface area contributed by atoms with Crippen LogP contribution in [0.1, 0.15) is 297 Å². The molecule has 0 aromatic rings. The number of rotatable bonds is 74. The first kappa shape index (κ1) is 100. The van der Waals surface area contributed by atoms with E-state index in [2.05, 4.69) is 174 Å². The van der Waals surface area contributed by atoms with Crippen LogP contribution in [0.15, 0.2) is 170 Å². The standard InChI is InChI=1S/C87H142O17P2/c1-5-9-13-17-21-25-29-33-37-39-40-42-46-48-52-56-60-64-68-72-85(90)98-78-83(104-87(92)74-70-66-62-58-54-50-44-36-32-28-24-20-16-12-8-4)80-102-106(95,96)100-76-81(88)75-99-105(93,94)101-79-82(103-86(91)73-69-65-61-57-53-49-43-35-31-27-23-19-15-11-7-3)77-97-84(89)71-67-63-59-55-51-47-45-41-38-34-30-26-22-18-14-10-6-2/h10,12,14,16,21-28,33-38,40,42-45,47,54,58,66,70,81-83,88H,5-9,11,13,15,17-20,29-32,39,41,46,48-53,55-57,59-65,67-69,71-80H2,1-4H3,(H,93,94)(H,95,96)/b14-10-,16-12-,25-21-,26-22-,27-23-,28-24-,37-33-,38-34-,42-40-,43-35-,44-36-,47-45-,58-54-,70-66-. The third-order valence-corrected chi connectivity index (χ3v) is 18.1. The molecule has 0 aliphatic carbocycles. The van der Waals surface area contributed by atoms with Gasteiger partial charge in [0.1, 0.15) is 19.3 Å². The van der Waals surface area contributed by atoms with Crippen molar-refractivity contribution < 1.29 is 80.2 Å². The smallest absolute Gasteiger partial charge is 0.462 e. The Balaban J connectivity index is 5.48. The lowest BCUT2D eigenvalue weighted by atomic mass is 10.1. The molecule has 5 atom stereocenters. The lowest BCUT2D eigenvalue weighted by Gasteiger charge is -2.21. The van der Waals surface area contributed by atoms with Crippen molar-refractivity contribution in [3.8, 4) is 0 Å². The summed E-state index contributed by atoms with van der Waals surface area (Å²) in [6.07, 6.45) is 92.1. The molecule has 0 saturated carbocycles. The summed E-state index contributed by atoms with van der Waals surface area (Å²) < 4.78 is 68.5. The van der Waals surface area contributed by atoms with Crippen LogP contribution in [0.5, 0.6) is 0 Å². The van der Waals surface area contributed by atoms with Gasteiger partial charge < -0.3 is 33.8 Å². The van der Waals surface area contributed by atoms with Gasteiger partial charge in [0.15, 0.2) is 12.2 Å². The predicted octanol–water partition coefficient (Wildman–Crippen LogP) is 23.8. The number of hydrogen-bond donors (Lipinski definition) is 3. The van der Waals surface area contributed by atoms with Gasteiger partial charge in [-0.15, -0.1) is 0 Å². The predicted molar refractivity (Wildman–Crippen MR) is 436 cm³/mol. The molecule has 0 saturated heterocycles. The zero-order chi connectivity index (χ0) is 77.4. The van der Waals surface area contributed by atoms with Crippen LogP contribution in [0, 0.1) is 0 Å². The maximum absolute atomic E-state index is 13.1. The highest BCUT2D eigenvalue weighted by Crippen LogP contribution is 2.45.